The minimum Gasteiger partial charge on any atom is -0.490 e. The van der Waals surface area contributed by atoms with E-state index in [0.717, 1.165) is 17.1 Å². The smallest absolute Gasteiger partial charge is 0.162 e. The molecule has 1 aliphatic heterocycles. The maximum atomic E-state index is 12.5. The Kier molecular flexibility index (Phi) is 4.82. The summed E-state index contributed by atoms with van der Waals surface area (Å²) in [5.41, 5.74) is 0. The molecule has 0 saturated carbocycles. The first-order chi connectivity index (χ1) is 9.13. The van der Waals surface area contributed by atoms with E-state index in [2.05, 4.69) is 5.32 Å². The second kappa shape index (κ2) is 6.39. The predicted octanol–water partition coefficient (Wildman–Crippen LogP) is 1.95. The molecule has 1 aromatic carbocycles. The van der Waals surface area contributed by atoms with Gasteiger partial charge >= 0.3 is 0 Å². The molecule has 1 aromatic rings. The second-order valence-corrected chi connectivity index (χ2v) is 6.55. The first-order valence-corrected chi connectivity index (χ1v) is 7.82. The normalized spacial score (nSPS) is 19.3. The molecule has 19 heavy (non-hydrogen) atoms. The van der Waals surface area contributed by atoms with Crippen LogP contribution in [0.5, 0.6) is 11.5 Å². The summed E-state index contributed by atoms with van der Waals surface area (Å²) in [7, 11) is 0.821. The van der Waals surface area contributed by atoms with Gasteiger partial charge in [0.1, 0.15) is 0 Å². The van der Waals surface area contributed by atoms with Gasteiger partial charge in [0.2, 0.25) is 0 Å². The Hall–Kier alpha value is -1.07. The van der Waals surface area contributed by atoms with Crippen LogP contribution in [-0.2, 0) is 10.8 Å². The van der Waals surface area contributed by atoms with Crippen molar-refractivity contribution in [3.8, 4) is 11.5 Å². The number of fused-ring (bicyclic) bond motifs is 1. The van der Waals surface area contributed by atoms with Gasteiger partial charge in [0, 0.05) is 23.4 Å². The van der Waals surface area contributed by atoms with Gasteiger partial charge in [-0.05, 0) is 33.0 Å². The van der Waals surface area contributed by atoms with Crippen LogP contribution in [0.3, 0.4) is 0 Å². The number of hydrogen-bond acceptors (Lipinski definition) is 4. The minimum absolute atomic E-state index is 0.0368. The van der Waals surface area contributed by atoms with Crippen molar-refractivity contribution in [1.29, 1.82) is 0 Å². The summed E-state index contributed by atoms with van der Waals surface area (Å²) in [6, 6.07) is 5.75. The number of benzene rings is 1. The molecular formula is C14H21NO3S. The Morgan fingerprint density at radius 2 is 1.89 bits per heavy atom. The third-order valence-electron chi connectivity index (χ3n) is 3.45. The lowest BCUT2D eigenvalue weighted by atomic mass is 10.3. The Balaban J connectivity index is 2.21. The molecule has 1 N–H and O–H groups in total. The fourth-order valence-electron chi connectivity index (χ4n) is 1.90. The van der Waals surface area contributed by atoms with Crippen LogP contribution >= 0.6 is 0 Å². The van der Waals surface area contributed by atoms with E-state index in [4.69, 9.17) is 9.47 Å². The molecule has 3 unspecified atom stereocenters. The number of nitrogens with one attached hydrogen (secondary N) is 1. The SMILES string of the molecule is CNC(C)C(C)S(=O)c1ccc2c(c1)OCCCO2. The highest BCUT2D eigenvalue weighted by Crippen LogP contribution is 2.32. The fraction of sp³-hybridized carbons (Fsp3) is 0.571. The lowest BCUT2D eigenvalue weighted by Crippen LogP contribution is -2.35. The minimum atomic E-state index is -1.06. The second-order valence-electron chi connectivity index (χ2n) is 4.74. The summed E-state index contributed by atoms with van der Waals surface area (Å²) < 4.78 is 23.7. The number of hydrogen-bond donors (Lipinski definition) is 1. The maximum absolute atomic E-state index is 12.5. The van der Waals surface area contributed by atoms with Crippen molar-refractivity contribution < 1.29 is 13.7 Å². The summed E-state index contributed by atoms with van der Waals surface area (Å²) in [5, 5.41) is 3.18. The molecule has 5 heteroatoms. The summed E-state index contributed by atoms with van der Waals surface area (Å²) in [6.45, 7) is 5.33. The van der Waals surface area contributed by atoms with Crippen LogP contribution in [0.25, 0.3) is 0 Å². The van der Waals surface area contributed by atoms with Crippen LogP contribution in [0.2, 0.25) is 0 Å². The van der Waals surface area contributed by atoms with E-state index < -0.39 is 10.8 Å². The van der Waals surface area contributed by atoms with Gasteiger partial charge < -0.3 is 14.8 Å². The lowest BCUT2D eigenvalue weighted by Gasteiger charge is -2.19. The van der Waals surface area contributed by atoms with E-state index >= 15 is 0 Å². The monoisotopic (exact) mass is 283 g/mol. The van der Waals surface area contributed by atoms with E-state index in [1.165, 1.54) is 0 Å². The molecule has 1 aliphatic rings. The molecular weight excluding hydrogens is 262 g/mol. The van der Waals surface area contributed by atoms with Crippen LogP contribution in [-0.4, -0.2) is 35.8 Å². The van der Waals surface area contributed by atoms with Gasteiger partial charge in [-0.1, -0.05) is 0 Å². The zero-order chi connectivity index (χ0) is 13.8. The van der Waals surface area contributed by atoms with Crippen molar-refractivity contribution in [3.63, 3.8) is 0 Å². The van der Waals surface area contributed by atoms with Crippen molar-refractivity contribution in [1.82, 2.24) is 5.32 Å². The molecule has 4 nitrogen and oxygen atoms in total. The predicted molar refractivity (Wildman–Crippen MR) is 76.4 cm³/mol. The zero-order valence-corrected chi connectivity index (χ0v) is 12.5. The van der Waals surface area contributed by atoms with E-state index in [0.29, 0.717) is 19.0 Å². The largest absolute Gasteiger partial charge is 0.490 e. The molecule has 2 rings (SSSR count). The standard InChI is InChI=1S/C14H21NO3S/c1-10(15-3)11(2)19(16)12-5-6-13-14(9-12)18-8-4-7-17-13/h5-6,9-11,15H,4,7-8H2,1-3H3. The summed E-state index contributed by atoms with van der Waals surface area (Å²) in [4.78, 5) is 0.791. The van der Waals surface area contributed by atoms with Crippen molar-refractivity contribution in [2.45, 2.75) is 36.5 Å². The molecule has 0 spiro atoms. The van der Waals surface area contributed by atoms with Gasteiger partial charge in [-0.2, -0.15) is 0 Å². The third-order valence-corrected chi connectivity index (χ3v) is 5.25. The quantitative estimate of drug-likeness (QED) is 0.917. The Bertz CT molecular complexity index is 464. The van der Waals surface area contributed by atoms with Gasteiger partial charge in [-0.15, -0.1) is 0 Å². The van der Waals surface area contributed by atoms with Gasteiger partial charge in [-0.3, -0.25) is 4.21 Å². The number of ether oxygens (including phenoxy) is 2. The molecule has 0 fully saturated rings. The molecule has 0 saturated heterocycles. The Labute approximate surface area is 116 Å². The van der Waals surface area contributed by atoms with E-state index in [9.17, 15) is 4.21 Å². The maximum Gasteiger partial charge on any atom is 0.162 e. The average Bonchev–Trinajstić information content (AvgIpc) is 2.69. The van der Waals surface area contributed by atoms with Gasteiger partial charge in [0.15, 0.2) is 11.5 Å². The molecule has 0 aliphatic carbocycles. The molecule has 1 heterocycles. The lowest BCUT2D eigenvalue weighted by molar-refractivity contribution is 0.297. The first kappa shape index (κ1) is 14.3. The van der Waals surface area contributed by atoms with E-state index in [1.807, 2.05) is 39.1 Å². The topological polar surface area (TPSA) is 47.6 Å². The highest BCUT2D eigenvalue weighted by Gasteiger charge is 2.21. The average molecular weight is 283 g/mol. The van der Waals surface area contributed by atoms with Crippen molar-refractivity contribution >= 4 is 10.8 Å². The molecule has 0 radical (unpaired) electrons. The van der Waals surface area contributed by atoms with Gasteiger partial charge in [0.25, 0.3) is 0 Å². The van der Waals surface area contributed by atoms with Crippen molar-refractivity contribution in [3.05, 3.63) is 18.2 Å². The van der Waals surface area contributed by atoms with Gasteiger partial charge in [0.05, 0.1) is 29.3 Å². The van der Waals surface area contributed by atoms with Crippen LogP contribution in [0.4, 0.5) is 0 Å². The van der Waals surface area contributed by atoms with E-state index in [-0.39, 0.29) is 11.3 Å². The van der Waals surface area contributed by atoms with Gasteiger partial charge in [-0.25, -0.2) is 0 Å². The molecule has 3 atom stereocenters. The van der Waals surface area contributed by atoms with E-state index in [1.54, 1.807) is 0 Å². The fourth-order valence-corrected chi connectivity index (χ4v) is 3.27. The van der Waals surface area contributed by atoms with Crippen LogP contribution in [0.15, 0.2) is 23.1 Å². The zero-order valence-electron chi connectivity index (χ0n) is 11.6. The summed E-state index contributed by atoms with van der Waals surface area (Å²) >= 11 is 0. The highest BCUT2D eigenvalue weighted by molar-refractivity contribution is 7.85. The summed E-state index contributed by atoms with van der Waals surface area (Å²) in [5.74, 6) is 1.44. The van der Waals surface area contributed by atoms with Crippen LogP contribution in [0, 0.1) is 0 Å². The highest BCUT2D eigenvalue weighted by atomic mass is 32.2. The Morgan fingerprint density at radius 1 is 1.21 bits per heavy atom. The molecule has 0 aromatic heterocycles. The van der Waals surface area contributed by atoms with Crippen molar-refractivity contribution in [2.75, 3.05) is 20.3 Å². The molecule has 106 valence electrons. The third kappa shape index (κ3) is 3.28. The molecule has 0 amide bonds. The summed E-state index contributed by atoms with van der Waals surface area (Å²) in [6.07, 6.45) is 0.875. The first-order valence-electron chi connectivity index (χ1n) is 6.61. The molecule has 0 bridgehead atoms. The van der Waals surface area contributed by atoms with Crippen LogP contribution < -0.4 is 14.8 Å². The van der Waals surface area contributed by atoms with Crippen LogP contribution in [0.1, 0.15) is 20.3 Å². The number of rotatable bonds is 4. The van der Waals surface area contributed by atoms with Crippen molar-refractivity contribution in [2.24, 2.45) is 0 Å². The Morgan fingerprint density at radius 3 is 2.58 bits per heavy atom.